The number of carboxylic acid groups (broad SMARTS) is 1. The molecule has 3 nitrogen and oxygen atoms in total. The highest BCUT2D eigenvalue weighted by molar-refractivity contribution is 5.79. The number of carboxylic acids is 1. The van der Waals surface area contributed by atoms with Crippen LogP contribution in [0.4, 0.5) is 0 Å². The molecule has 5 aliphatic carbocycles. The number of fused-ring (bicyclic) bond motifs is 7. The Bertz CT molecular complexity index is 843. The third-order valence-corrected chi connectivity index (χ3v) is 12.7. The molecule has 2 N–H and O–H groups in total. The largest absolute Gasteiger partial charge is 0.481 e. The highest BCUT2D eigenvalue weighted by Crippen LogP contribution is 2.76. The van der Waals surface area contributed by atoms with Crippen molar-refractivity contribution in [3.63, 3.8) is 0 Å². The van der Waals surface area contributed by atoms with Gasteiger partial charge in [-0.2, -0.15) is 0 Å². The van der Waals surface area contributed by atoms with Crippen LogP contribution in [0.15, 0.2) is 11.6 Å². The van der Waals surface area contributed by atoms with E-state index in [9.17, 15) is 15.0 Å². The van der Waals surface area contributed by atoms with Crippen molar-refractivity contribution in [2.24, 2.45) is 50.7 Å². The molecule has 0 heterocycles. The molecule has 0 bridgehead atoms. The normalized spacial score (nSPS) is 54.3. The third-order valence-electron chi connectivity index (χ3n) is 12.7. The Hall–Kier alpha value is -0.830. The predicted molar refractivity (Wildman–Crippen MR) is 128 cm³/mol. The van der Waals surface area contributed by atoms with Gasteiger partial charge in [0.1, 0.15) is 0 Å². The van der Waals surface area contributed by atoms with Gasteiger partial charge in [0.2, 0.25) is 0 Å². The van der Waals surface area contributed by atoms with E-state index in [1.54, 1.807) is 0 Å². The van der Waals surface area contributed by atoms with Gasteiger partial charge in [0.25, 0.3) is 0 Å². The van der Waals surface area contributed by atoms with Crippen molar-refractivity contribution in [2.75, 3.05) is 0 Å². The second-order valence-electron chi connectivity index (χ2n) is 14.0. The maximum atomic E-state index is 12.6. The summed E-state index contributed by atoms with van der Waals surface area (Å²) in [6, 6.07) is 0. The van der Waals surface area contributed by atoms with Crippen molar-refractivity contribution in [3.05, 3.63) is 11.6 Å². The molecule has 0 aromatic rings. The number of aliphatic hydroxyl groups excluding tert-OH is 1. The number of allylic oxidation sites excluding steroid dienone is 1. The van der Waals surface area contributed by atoms with Crippen molar-refractivity contribution in [1.82, 2.24) is 0 Å². The van der Waals surface area contributed by atoms with Crippen LogP contribution in [0.2, 0.25) is 0 Å². The van der Waals surface area contributed by atoms with Gasteiger partial charge >= 0.3 is 5.97 Å². The molecule has 0 radical (unpaired) electrons. The topological polar surface area (TPSA) is 57.5 Å². The van der Waals surface area contributed by atoms with Crippen LogP contribution in [0, 0.1) is 50.7 Å². The van der Waals surface area contributed by atoms with Crippen LogP contribution in [0.3, 0.4) is 0 Å². The lowest BCUT2D eigenvalue weighted by Gasteiger charge is -2.72. The summed E-state index contributed by atoms with van der Waals surface area (Å²) in [6.07, 6.45) is 12.8. The summed E-state index contributed by atoms with van der Waals surface area (Å²) in [7, 11) is 0. The van der Waals surface area contributed by atoms with Gasteiger partial charge in [-0.25, -0.2) is 0 Å². The van der Waals surface area contributed by atoms with Gasteiger partial charge in [-0.3, -0.25) is 4.79 Å². The third kappa shape index (κ3) is 2.61. The first kappa shape index (κ1) is 22.9. The van der Waals surface area contributed by atoms with E-state index in [2.05, 4.69) is 47.6 Å². The Kier molecular flexibility index (Phi) is 4.92. The smallest absolute Gasteiger partial charge is 0.313 e. The Morgan fingerprint density at radius 1 is 0.844 bits per heavy atom. The summed E-state index contributed by atoms with van der Waals surface area (Å²) in [5.41, 5.74) is 1.39. The summed E-state index contributed by atoms with van der Waals surface area (Å²) in [6.45, 7) is 14.6. The van der Waals surface area contributed by atoms with Crippen LogP contribution in [0.25, 0.3) is 0 Å². The van der Waals surface area contributed by atoms with E-state index in [1.165, 1.54) is 24.8 Å². The van der Waals surface area contributed by atoms with Crippen molar-refractivity contribution >= 4 is 5.97 Å². The lowest BCUT2D eigenvalue weighted by atomic mass is 9.32. The molecule has 3 heteroatoms. The number of hydrogen-bond donors (Lipinski definition) is 2. The fourth-order valence-electron chi connectivity index (χ4n) is 10.6. The van der Waals surface area contributed by atoms with E-state index in [0.717, 1.165) is 44.9 Å². The highest BCUT2D eigenvalue weighted by atomic mass is 16.4. The molecule has 32 heavy (non-hydrogen) atoms. The first-order chi connectivity index (χ1) is 14.8. The monoisotopic (exact) mass is 442 g/mol. The van der Waals surface area contributed by atoms with E-state index < -0.39 is 11.4 Å². The molecule has 0 spiro atoms. The lowest BCUT2D eigenvalue weighted by molar-refractivity contribution is -0.229. The zero-order chi connectivity index (χ0) is 23.3. The van der Waals surface area contributed by atoms with Crippen molar-refractivity contribution in [3.8, 4) is 0 Å². The van der Waals surface area contributed by atoms with E-state index >= 15 is 0 Å². The minimum absolute atomic E-state index is 0.0154. The average molecular weight is 443 g/mol. The maximum Gasteiger partial charge on any atom is 0.313 e. The molecule has 0 saturated heterocycles. The molecular weight excluding hydrogens is 396 g/mol. The first-order valence-corrected chi connectivity index (χ1v) is 13.5. The lowest BCUT2D eigenvalue weighted by Crippen LogP contribution is -2.66. The van der Waals surface area contributed by atoms with Gasteiger partial charge in [-0.05, 0) is 110 Å². The van der Waals surface area contributed by atoms with Crippen molar-refractivity contribution < 1.29 is 15.0 Å². The Balaban J connectivity index is 1.57. The second-order valence-corrected chi connectivity index (χ2v) is 14.0. The molecule has 9 atom stereocenters. The maximum absolute atomic E-state index is 12.6. The van der Waals surface area contributed by atoms with E-state index in [-0.39, 0.29) is 27.8 Å². The molecule has 180 valence electrons. The summed E-state index contributed by atoms with van der Waals surface area (Å²) in [5, 5.41) is 21.3. The van der Waals surface area contributed by atoms with E-state index in [4.69, 9.17) is 0 Å². The average Bonchev–Trinajstić information content (AvgIpc) is 2.71. The number of rotatable bonds is 1. The predicted octanol–water partition coefficient (Wildman–Crippen LogP) is 6.84. The minimum atomic E-state index is -0.599. The zero-order valence-electron chi connectivity index (χ0n) is 21.3. The van der Waals surface area contributed by atoms with Crippen molar-refractivity contribution in [1.29, 1.82) is 0 Å². The van der Waals surface area contributed by atoms with Gasteiger partial charge in [0.05, 0.1) is 11.5 Å². The molecule has 0 aromatic heterocycles. The summed E-state index contributed by atoms with van der Waals surface area (Å²) < 4.78 is 0. The molecule has 4 saturated carbocycles. The van der Waals surface area contributed by atoms with Crippen LogP contribution in [-0.4, -0.2) is 22.3 Å². The summed E-state index contributed by atoms with van der Waals surface area (Å²) >= 11 is 0. The van der Waals surface area contributed by atoms with E-state index in [0.29, 0.717) is 23.7 Å². The Morgan fingerprint density at radius 3 is 2.25 bits per heavy atom. The van der Waals surface area contributed by atoms with Gasteiger partial charge < -0.3 is 10.2 Å². The SMILES string of the molecule is C[C@H]1C=C2[C@H]3CC[C@@H]4[C@@]5(C)CC[C@@H](O)C(C)(C)[C@@H]5CC[C@@]4(C)[C@]3(C)CC[C@@]2(C(=O)O)CC1. The summed E-state index contributed by atoms with van der Waals surface area (Å²) in [4.78, 5) is 12.6. The molecule has 0 aromatic carbocycles. The van der Waals surface area contributed by atoms with Crippen LogP contribution >= 0.6 is 0 Å². The fourth-order valence-corrected chi connectivity index (χ4v) is 10.6. The van der Waals surface area contributed by atoms with Crippen LogP contribution in [0.5, 0.6) is 0 Å². The van der Waals surface area contributed by atoms with Gasteiger partial charge in [0.15, 0.2) is 0 Å². The molecule has 4 fully saturated rings. The molecule has 0 aliphatic heterocycles. The number of carbonyl (C=O) groups is 1. The Labute approximate surface area is 195 Å². The van der Waals surface area contributed by atoms with E-state index in [1.807, 2.05) is 0 Å². The van der Waals surface area contributed by atoms with Gasteiger partial charge in [0, 0.05) is 0 Å². The number of aliphatic hydroxyl groups is 1. The number of aliphatic carboxylic acids is 1. The van der Waals surface area contributed by atoms with Crippen LogP contribution in [0.1, 0.15) is 106 Å². The molecule has 5 aliphatic rings. The molecule has 0 unspecified atom stereocenters. The van der Waals surface area contributed by atoms with Gasteiger partial charge in [-0.15, -0.1) is 0 Å². The number of hydrogen-bond acceptors (Lipinski definition) is 2. The van der Waals surface area contributed by atoms with Crippen molar-refractivity contribution in [2.45, 2.75) is 112 Å². The molecular formula is C29H46O3. The van der Waals surface area contributed by atoms with Crippen LogP contribution in [-0.2, 0) is 4.79 Å². The minimum Gasteiger partial charge on any atom is -0.481 e. The Morgan fingerprint density at radius 2 is 1.56 bits per heavy atom. The van der Waals surface area contributed by atoms with Crippen LogP contribution < -0.4 is 0 Å². The molecule has 5 rings (SSSR count). The molecule has 0 amide bonds. The van der Waals surface area contributed by atoms with Gasteiger partial charge in [-0.1, -0.05) is 53.2 Å². The standard InChI is InChI=1S/C29H46O3/c1-18-9-14-29(24(31)32)16-15-27(5)19(20(29)17-18)7-8-22-26(4)12-11-23(30)25(2,3)21(26)10-13-28(22,27)6/h17-19,21-23,30H,7-16H2,1-6H3,(H,31,32)/t18-,19-,21+,22-,23-,26+,27-,28-,29+/m1/s1. The first-order valence-electron chi connectivity index (χ1n) is 13.5. The summed E-state index contributed by atoms with van der Waals surface area (Å²) in [5.74, 6) is 1.59. The highest BCUT2D eigenvalue weighted by Gasteiger charge is 2.69. The second kappa shape index (κ2) is 6.86. The quantitative estimate of drug-likeness (QED) is 0.437. The zero-order valence-corrected chi connectivity index (χ0v) is 21.3. The fraction of sp³-hybridized carbons (Fsp3) is 0.897.